The Morgan fingerprint density at radius 3 is 2.58 bits per heavy atom. The minimum atomic E-state index is -0.711. The van der Waals surface area contributed by atoms with Crippen molar-refractivity contribution in [2.24, 2.45) is 5.92 Å². The first-order chi connectivity index (χ1) is 15.4. The predicted molar refractivity (Wildman–Crippen MR) is 128 cm³/mol. The Morgan fingerprint density at radius 2 is 1.94 bits per heavy atom. The highest BCUT2D eigenvalue weighted by Crippen LogP contribution is 2.29. The Hall–Kier alpha value is -2.94. The van der Waals surface area contributed by atoms with Crippen LogP contribution < -0.4 is 10.6 Å². The van der Waals surface area contributed by atoms with Gasteiger partial charge in [-0.25, -0.2) is 9.78 Å². The minimum absolute atomic E-state index is 0.115. The Morgan fingerprint density at radius 1 is 1.21 bits per heavy atom. The summed E-state index contributed by atoms with van der Waals surface area (Å²) in [4.78, 5) is 45.2. The third-order valence-corrected chi connectivity index (χ3v) is 6.13. The van der Waals surface area contributed by atoms with Crippen molar-refractivity contribution in [3.63, 3.8) is 0 Å². The predicted octanol–water partition coefficient (Wildman–Crippen LogP) is 4.14. The van der Waals surface area contributed by atoms with Crippen LogP contribution in [0.5, 0.6) is 0 Å². The average molecular weight is 473 g/mol. The van der Waals surface area contributed by atoms with Crippen molar-refractivity contribution in [1.82, 2.24) is 15.2 Å². The van der Waals surface area contributed by atoms with Crippen molar-refractivity contribution in [1.29, 1.82) is 0 Å². The lowest BCUT2D eigenvalue weighted by Crippen LogP contribution is -2.47. The van der Waals surface area contributed by atoms with Crippen LogP contribution in [0.25, 0.3) is 0 Å². The van der Waals surface area contributed by atoms with Gasteiger partial charge in [-0.1, -0.05) is 42.9 Å². The average Bonchev–Trinajstić information content (AvgIpc) is 3.11. The maximum atomic E-state index is 13.0. The van der Waals surface area contributed by atoms with Gasteiger partial charge in [0.2, 0.25) is 5.91 Å². The zero-order valence-corrected chi connectivity index (χ0v) is 20.8. The summed E-state index contributed by atoms with van der Waals surface area (Å²) in [7, 11) is 0. The zero-order chi connectivity index (χ0) is 24.3. The molecule has 2 N–H and O–H groups in total. The number of hydrogen-bond acceptors (Lipinski definition) is 6. The van der Waals surface area contributed by atoms with Gasteiger partial charge in [-0.3, -0.25) is 9.59 Å². The second kappa shape index (κ2) is 9.91. The van der Waals surface area contributed by atoms with Crippen LogP contribution in [-0.4, -0.2) is 46.0 Å². The molecule has 1 aliphatic heterocycles. The molecular weight excluding hydrogens is 440 g/mol. The normalized spacial score (nSPS) is 14.5. The zero-order valence-electron chi connectivity index (χ0n) is 20.0. The van der Waals surface area contributed by atoms with Crippen molar-refractivity contribution in [3.8, 4) is 0 Å². The summed E-state index contributed by atoms with van der Waals surface area (Å²) in [6, 6.07) is 6.53. The van der Waals surface area contributed by atoms with E-state index in [9.17, 15) is 14.4 Å². The summed E-state index contributed by atoms with van der Waals surface area (Å²) in [5, 5.41) is 6.16. The summed E-state index contributed by atoms with van der Waals surface area (Å²) in [5.74, 6) is -0.726. The Kier molecular flexibility index (Phi) is 7.41. The number of thiazole rings is 1. The molecule has 0 fully saturated rings. The minimum Gasteiger partial charge on any atom is -0.444 e. The van der Waals surface area contributed by atoms with Gasteiger partial charge < -0.3 is 20.3 Å². The van der Waals surface area contributed by atoms with Crippen LogP contribution in [0.1, 0.15) is 61.1 Å². The van der Waals surface area contributed by atoms with E-state index in [4.69, 9.17) is 4.74 Å². The fourth-order valence-corrected chi connectivity index (χ4v) is 4.49. The van der Waals surface area contributed by atoms with Crippen molar-refractivity contribution < 1.29 is 19.1 Å². The van der Waals surface area contributed by atoms with E-state index in [1.807, 2.05) is 53.7 Å². The Labute approximate surface area is 198 Å². The Balaban J connectivity index is 1.66. The number of nitrogens with one attached hydrogen (secondary N) is 2. The number of rotatable bonds is 5. The van der Waals surface area contributed by atoms with E-state index in [1.165, 1.54) is 11.3 Å². The van der Waals surface area contributed by atoms with Crippen LogP contribution in [0.4, 0.5) is 9.93 Å². The standard InChI is InChI=1S/C24H32N4O4S/c1-14(2)19(26-20(29)16-9-7-8-15(3)12-16)21(30)27-22-25-17-10-11-28(13-18(17)33-22)23(31)32-24(4,5)6/h7-9,12,14,19H,10-11,13H2,1-6H3,(H,26,29)(H,25,27,30)/t19-/m1/s1. The smallest absolute Gasteiger partial charge is 0.410 e. The molecule has 3 rings (SSSR count). The number of carbonyl (C=O) groups is 3. The number of amides is 3. The van der Waals surface area contributed by atoms with Gasteiger partial charge in [0.1, 0.15) is 11.6 Å². The monoisotopic (exact) mass is 472 g/mol. The van der Waals surface area contributed by atoms with Crippen molar-refractivity contribution in [2.45, 2.75) is 66.2 Å². The molecule has 33 heavy (non-hydrogen) atoms. The summed E-state index contributed by atoms with van der Waals surface area (Å²) in [6.07, 6.45) is 0.240. The van der Waals surface area contributed by atoms with Crippen LogP contribution in [0.15, 0.2) is 24.3 Å². The molecule has 2 heterocycles. The third kappa shape index (κ3) is 6.54. The molecule has 1 atom stereocenters. The molecule has 178 valence electrons. The summed E-state index contributed by atoms with van der Waals surface area (Å²) >= 11 is 1.34. The van der Waals surface area contributed by atoms with E-state index in [-0.39, 0.29) is 23.8 Å². The van der Waals surface area contributed by atoms with Crippen LogP contribution in [0.3, 0.4) is 0 Å². The van der Waals surface area contributed by atoms with Gasteiger partial charge >= 0.3 is 6.09 Å². The van der Waals surface area contributed by atoms with E-state index in [1.54, 1.807) is 17.0 Å². The highest BCUT2D eigenvalue weighted by Gasteiger charge is 2.30. The van der Waals surface area contributed by atoms with Gasteiger partial charge in [-0.2, -0.15) is 0 Å². The molecule has 1 aromatic heterocycles. The van der Waals surface area contributed by atoms with Crippen LogP contribution in [0.2, 0.25) is 0 Å². The largest absolute Gasteiger partial charge is 0.444 e. The van der Waals surface area contributed by atoms with Crippen LogP contribution in [0, 0.1) is 12.8 Å². The SMILES string of the molecule is Cc1cccc(C(=O)N[C@@H](C(=O)Nc2nc3c(s2)CN(C(=O)OC(C)(C)C)CC3)C(C)C)c1. The van der Waals surface area contributed by atoms with Gasteiger partial charge in [0.15, 0.2) is 5.13 Å². The number of aryl methyl sites for hydroxylation is 1. The summed E-state index contributed by atoms with van der Waals surface area (Å²) < 4.78 is 5.46. The first kappa shape index (κ1) is 24.7. The molecule has 2 aromatic rings. The lowest BCUT2D eigenvalue weighted by atomic mass is 10.0. The topological polar surface area (TPSA) is 101 Å². The van der Waals surface area contributed by atoms with Crippen LogP contribution in [-0.2, 0) is 22.5 Å². The van der Waals surface area contributed by atoms with Crippen molar-refractivity contribution in [2.75, 3.05) is 11.9 Å². The Bertz CT molecular complexity index is 1040. The van der Waals surface area contributed by atoms with Gasteiger partial charge in [0.05, 0.1) is 12.2 Å². The van der Waals surface area contributed by atoms with E-state index in [0.29, 0.717) is 30.2 Å². The fraction of sp³-hybridized carbons (Fsp3) is 0.500. The van der Waals surface area contributed by atoms with Gasteiger partial charge in [0.25, 0.3) is 5.91 Å². The molecule has 1 aromatic carbocycles. The second-order valence-corrected chi connectivity index (χ2v) is 10.7. The molecule has 0 unspecified atom stereocenters. The second-order valence-electron chi connectivity index (χ2n) is 9.59. The van der Waals surface area contributed by atoms with E-state index in [0.717, 1.165) is 16.1 Å². The maximum absolute atomic E-state index is 13.0. The number of fused-ring (bicyclic) bond motifs is 1. The first-order valence-electron chi connectivity index (χ1n) is 11.1. The third-order valence-electron chi connectivity index (χ3n) is 5.13. The molecule has 0 saturated carbocycles. The molecule has 9 heteroatoms. The molecular formula is C24H32N4O4S. The quantitative estimate of drug-likeness (QED) is 0.681. The van der Waals surface area contributed by atoms with Gasteiger partial charge in [0, 0.05) is 23.4 Å². The van der Waals surface area contributed by atoms with E-state index in [2.05, 4.69) is 15.6 Å². The van der Waals surface area contributed by atoms with Crippen LogP contribution >= 0.6 is 11.3 Å². The molecule has 8 nitrogen and oxygen atoms in total. The van der Waals surface area contributed by atoms with Crippen molar-refractivity contribution in [3.05, 3.63) is 46.0 Å². The van der Waals surface area contributed by atoms with Crippen molar-refractivity contribution >= 4 is 34.4 Å². The summed E-state index contributed by atoms with van der Waals surface area (Å²) in [5.41, 5.74) is 1.81. The molecule has 0 spiro atoms. The highest BCUT2D eigenvalue weighted by atomic mass is 32.1. The molecule has 1 aliphatic rings. The number of aromatic nitrogens is 1. The molecule has 3 amide bonds. The number of nitrogens with zero attached hydrogens (tertiary/aromatic N) is 2. The molecule has 0 radical (unpaired) electrons. The van der Waals surface area contributed by atoms with Gasteiger partial charge in [-0.05, 0) is 45.7 Å². The number of ether oxygens (including phenoxy) is 1. The number of carbonyl (C=O) groups excluding carboxylic acids is 3. The lowest BCUT2D eigenvalue weighted by Gasteiger charge is -2.29. The summed E-state index contributed by atoms with van der Waals surface area (Å²) in [6.45, 7) is 12.1. The first-order valence-corrected chi connectivity index (χ1v) is 11.9. The van der Waals surface area contributed by atoms with E-state index < -0.39 is 11.6 Å². The molecule has 0 aliphatic carbocycles. The number of benzene rings is 1. The van der Waals surface area contributed by atoms with E-state index >= 15 is 0 Å². The van der Waals surface area contributed by atoms with Gasteiger partial charge in [-0.15, -0.1) is 0 Å². The molecule has 0 bridgehead atoms. The highest BCUT2D eigenvalue weighted by molar-refractivity contribution is 7.15. The maximum Gasteiger partial charge on any atom is 0.410 e. The fourth-order valence-electron chi connectivity index (χ4n) is 3.46. The number of anilines is 1. The lowest BCUT2D eigenvalue weighted by molar-refractivity contribution is -0.118. The molecule has 0 saturated heterocycles. The number of hydrogen-bond donors (Lipinski definition) is 2.